The molecule has 0 atom stereocenters. The Morgan fingerprint density at radius 2 is 1.90 bits per heavy atom. The number of hydrogen-bond donors (Lipinski definition) is 0. The zero-order valence-electron chi connectivity index (χ0n) is 11.4. The van der Waals surface area contributed by atoms with Gasteiger partial charge in [-0.2, -0.15) is 0 Å². The fraction of sp³-hybridized carbons (Fsp3) is 0.250. The first-order valence-electron chi connectivity index (χ1n) is 6.59. The molecule has 0 fully saturated rings. The van der Waals surface area contributed by atoms with E-state index in [2.05, 4.69) is 0 Å². The molecular formula is C16H14O4. The lowest BCUT2D eigenvalue weighted by Crippen LogP contribution is -2.04. The van der Waals surface area contributed by atoms with Crippen LogP contribution in [0.5, 0.6) is 0 Å². The van der Waals surface area contributed by atoms with Gasteiger partial charge in [-0.15, -0.1) is 0 Å². The van der Waals surface area contributed by atoms with Gasteiger partial charge in [0.25, 0.3) is 0 Å². The van der Waals surface area contributed by atoms with Gasteiger partial charge in [0.1, 0.15) is 11.2 Å². The summed E-state index contributed by atoms with van der Waals surface area (Å²) in [6.45, 7) is 3.84. The van der Waals surface area contributed by atoms with Crippen LogP contribution in [-0.4, -0.2) is 0 Å². The van der Waals surface area contributed by atoms with Gasteiger partial charge in [0, 0.05) is 23.1 Å². The van der Waals surface area contributed by atoms with Crippen LogP contribution in [0.4, 0.5) is 0 Å². The molecule has 0 N–H and O–H groups in total. The maximum absolute atomic E-state index is 12.0. The Kier molecular flexibility index (Phi) is 2.93. The zero-order valence-corrected chi connectivity index (χ0v) is 11.4. The third-order valence-electron chi connectivity index (χ3n) is 3.49. The average Bonchev–Trinajstić information content (AvgIpc) is 2.42. The van der Waals surface area contributed by atoms with Crippen LogP contribution in [0.25, 0.3) is 21.9 Å². The summed E-state index contributed by atoms with van der Waals surface area (Å²) in [7, 11) is 0. The molecule has 4 nitrogen and oxygen atoms in total. The van der Waals surface area contributed by atoms with Gasteiger partial charge < -0.3 is 8.83 Å². The second-order valence-electron chi connectivity index (χ2n) is 4.88. The average molecular weight is 270 g/mol. The van der Waals surface area contributed by atoms with Gasteiger partial charge in [0.15, 0.2) is 5.43 Å². The molecule has 0 amide bonds. The lowest BCUT2D eigenvalue weighted by Gasteiger charge is -2.08. The summed E-state index contributed by atoms with van der Waals surface area (Å²) >= 11 is 0. The highest BCUT2D eigenvalue weighted by atomic mass is 16.4. The smallest absolute Gasteiger partial charge is 0.336 e. The van der Waals surface area contributed by atoms with Crippen molar-refractivity contribution >= 4 is 21.9 Å². The Bertz CT molecular complexity index is 915. The quantitative estimate of drug-likeness (QED) is 0.530. The second-order valence-corrected chi connectivity index (χ2v) is 4.88. The SMILES string of the molecule is CCCc1cc(=O)oc2c(C)c3occc(=O)c3cc12. The molecule has 2 aromatic heterocycles. The molecule has 1 aromatic carbocycles. The van der Waals surface area contributed by atoms with Crippen molar-refractivity contribution in [3.8, 4) is 0 Å². The molecule has 3 aromatic rings. The summed E-state index contributed by atoms with van der Waals surface area (Å²) in [5.74, 6) is 0. The van der Waals surface area contributed by atoms with Gasteiger partial charge in [-0.3, -0.25) is 4.79 Å². The van der Waals surface area contributed by atoms with E-state index in [1.807, 2.05) is 6.92 Å². The molecule has 0 bridgehead atoms. The molecule has 0 aliphatic heterocycles. The van der Waals surface area contributed by atoms with Crippen LogP contribution in [0.2, 0.25) is 0 Å². The molecule has 2 heterocycles. The van der Waals surface area contributed by atoms with Gasteiger partial charge in [-0.25, -0.2) is 4.79 Å². The van der Waals surface area contributed by atoms with Gasteiger partial charge in [-0.1, -0.05) is 13.3 Å². The van der Waals surface area contributed by atoms with Crippen LogP contribution >= 0.6 is 0 Å². The number of fused-ring (bicyclic) bond motifs is 2. The Morgan fingerprint density at radius 3 is 2.65 bits per heavy atom. The topological polar surface area (TPSA) is 60.4 Å². The maximum atomic E-state index is 12.0. The molecule has 0 aliphatic carbocycles. The summed E-state index contributed by atoms with van der Waals surface area (Å²) in [5, 5.41) is 1.33. The summed E-state index contributed by atoms with van der Waals surface area (Å²) in [5.41, 5.74) is 2.11. The Morgan fingerprint density at radius 1 is 1.10 bits per heavy atom. The van der Waals surface area contributed by atoms with Crippen LogP contribution in [0.3, 0.4) is 0 Å². The van der Waals surface area contributed by atoms with E-state index >= 15 is 0 Å². The second kappa shape index (κ2) is 4.63. The van der Waals surface area contributed by atoms with Crippen molar-refractivity contribution in [1.29, 1.82) is 0 Å². The molecule has 4 heteroatoms. The third-order valence-corrected chi connectivity index (χ3v) is 3.49. The molecule has 0 saturated carbocycles. The normalized spacial score (nSPS) is 11.3. The van der Waals surface area contributed by atoms with E-state index in [4.69, 9.17) is 8.83 Å². The lowest BCUT2D eigenvalue weighted by molar-refractivity contribution is 0.552. The number of benzene rings is 1. The molecule has 0 aliphatic rings. The molecule has 20 heavy (non-hydrogen) atoms. The first-order chi connectivity index (χ1) is 9.61. The van der Waals surface area contributed by atoms with Crippen LogP contribution in [0.1, 0.15) is 24.5 Å². The van der Waals surface area contributed by atoms with Crippen molar-refractivity contribution in [3.63, 3.8) is 0 Å². The maximum Gasteiger partial charge on any atom is 0.336 e. The number of rotatable bonds is 2. The predicted molar refractivity (Wildman–Crippen MR) is 77.3 cm³/mol. The highest BCUT2D eigenvalue weighted by Crippen LogP contribution is 2.27. The van der Waals surface area contributed by atoms with Crippen molar-refractivity contribution < 1.29 is 8.83 Å². The van der Waals surface area contributed by atoms with E-state index in [-0.39, 0.29) is 11.1 Å². The summed E-state index contributed by atoms with van der Waals surface area (Å²) < 4.78 is 10.7. The van der Waals surface area contributed by atoms with E-state index in [1.54, 1.807) is 13.0 Å². The van der Waals surface area contributed by atoms with Gasteiger partial charge >= 0.3 is 5.63 Å². The third kappa shape index (κ3) is 1.84. The van der Waals surface area contributed by atoms with Crippen molar-refractivity contribution in [2.24, 2.45) is 0 Å². The fourth-order valence-electron chi connectivity index (χ4n) is 2.57. The van der Waals surface area contributed by atoms with Crippen LogP contribution in [0.15, 0.2) is 42.9 Å². The molecule has 0 spiro atoms. The fourth-order valence-corrected chi connectivity index (χ4v) is 2.57. The Balaban J connectivity index is 2.56. The van der Waals surface area contributed by atoms with E-state index in [0.717, 1.165) is 23.8 Å². The van der Waals surface area contributed by atoms with Crippen molar-refractivity contribution in [2.45, 2.75) is 26.7 Å². The van der Waals surface area contributed by atoms with Crippen molar-refractivity contribution in [1.82, 2.24) is 0 Å². The van der Waals surface area contributed by atoms with E-state index in [0.29, 0.717) is 22.1 Å². The van der Waals surface area contributed by atoms with Crippen LogP contribution in [0, 0.1) is 6.92 Å². The van der Waals surface area contributed by atoms with Gasteiger partial charge in [0.2, 0.25) is 0 Å². The van der Waals surface area contributed by atoms with E-state index in [9.17, 15) is 9.59 Å². The van der Waals surface area contributed by atoms with Crippen LogP contribution in [-0.2, 0) is 6.42 Å². The minimum Gasteiger partial charge on any atom is -0.464 e. The lowest BCUT2D eigenvalue weighted by atomic mass is 10.0. The monoisotopic (exact) mass is 270 g/mol. The number of aryl methyl sites for hydroxylation is 2. The van der Waals surface area contributed by atoms with E-state index in [1.165, 1.54) is 18.4 Å². The zero-order chi connectivity index (χ0) is 14.3. The summed E-state index contributed by atoms with van der Waals surface area (Å²) in [4.78, 5) is 23.6. The minimum absolute atomic E-state index is 0.0927. The highest BCUT2D eigenvalue weighted by molar-refractivity contribution is 5.97. The summed E-state index contributed by atoms with van der Waals surface area (Å²) in [6.07, 6.45) is 3.04. The van der Waals surface area contributed by atoms with E-state index < -0.39 is 0 Å². The predicted octanol–water partition coefficient (Wildman–Crippen LogP) is 3.16. The van der Waals surface area contributed by atoms with Crippen LogP contribution < -0.4 is 11.1 Å². The van der Waals surface area contributed by atoms with Gasteiger partial charge in [0.05, 0.1) is 11.6 Å². The molecule has 0 unspecified atom stereocenters. The number of hydrogen-bond acceptors (Lipinski definition) is 4. The molecule has 0 radical (unpaired) electrons. The summed E-state index contributed by atoms with van der Waals surface area (Å²) in [6, 6.07) is 4.66. The molecule has 3 rings (SSSR count). The van der Waals surface area contributed by atoms with Gasteiger partial charge in [-0.05, 0) is 25.0 Å². The Labute approximate surface area is 114 Å². The largest absolute Gasteiger partial charge is 0.464 e. The molecule has 0 saturated heterocycles. The first kappa shape index (κ1) is 12.7. The Hall–Kier alpha value is -2.36. The molecular weight excluding hydrogens is 256 g/mol. The van der Waals surface area contributed by atoms with Crippen molar-refractivity contribution in [2.75, 3.05) is 0 Å². The minimum atomic E-state index is -0.373. The standard InChI is InChI=1S/C16H14O4/c1-3-4-10-7-14(18)20-16-9(2)15-12(8-11(10)16)13(17)5-6-19-15/h5-8H,3-4H2,1-2H3. The highest BCUT2D eigenvalue weighted by Gasteiger charge is 2.13. The van der Waals surface area contributed by atoms with Crippen molar-refractivity contribution in [3.05, 3.63) is 56.2 Å². The molecule has 102 valence electrons. The first-order valence-corrected chi connectivity index (χ1v) is 6.59.